The van der Waals surface area contributed by atoms with Crippen molar-refractivity contribution >= 4 is 18.6 Å². The Labute approximate surface area is 114 Å². The maximum absolute atomic E-state index is 11.1. The molecule has 100 valence electrons. The van der Waals surface area contributed by atoms with E-state index >= 15 is 0 Å². The SMILES string of the molecule is CCC1=C(C)C=N/C1=C\c1[nH]c(C=O)c(CC)c1C. The summed E-state index contributed by atoms with van der Waals surface area (Å²) in [7, 11) is 0. The Kier molecular flexibility index (Phi) is 3.84. The van der Waals surface area contributed by atoms with E-state index in [0.717, 1.165) is 41.6 Å². The van der Waals surface area contributed by atoms with Gasteiger partial charge in [-0.25, -0.2) is 0 Å². The third-order valence-corrected chi connectivity index (χ3v) is 3.74. The Morgan fingerprint density at radius 1 is 1.21 bits per heavy atom. The van der Waals surface area contributed by atoms with Gasteiger partial charge in [-0.2, -0.15) is 0 Å². The molecule has 0 radical (unpaired) electrons. The van der Waals surface area contributed by atoms with E-state index in [-0.39, 0.29) is 0 Å². The maximum Gasteiger partial charge on any atom is 0.166 e. The van der Waals surface area contributed by atoms with Gasteiger partial charge in [0.05, 0.1) is 11.4 Å². The van der Waals surface area contributed by atoms with Crippen molar-refractivity contribution in [1.82, 2.24) is 4.98 Å². The molecule has 2 rings (SSSR count). The average molecular weight is 256 g/mol. The van der Waals surface area contributed by atoms with Gasteiger partial charge in [0.15, 0.2) is 6.29 Å². The minimum atomic E-state index is 0.688. The molecule has 3 heteroatoms. The number of aromatic amines is 1. The summed E-state index contributed by atoms with van der Waals surface area (Å²) in [5.41, 5.74) is 7.43. The number of aliphatic imine (C=N–C) groups is 1. The molecule has 0 aromatic carbocycles. The number of aldehydes is 1. The van der Waals surface area contributed by atoms with Crippen molar-refractivity contribution < 1.29 is 4.79 Å². The molecule has 19 heavy (non-hydrogen) atoms. The van der Waals surface area contributed by atoms with Gasteiger partial charge in [-0.05, 0) is 55.0 Å². The molecule has 0 atom stereocenters. The van der Waals surface area contributed by atoms with E-state index in [2.05, 4.69) is 37.7 Å². The first-order chi connectivity index (χ1) is 9.12. The standard InChI is InChI=1S/C16H20N2O/c1-5-12-10(3)8-17-15(12)7-14-11(4)13(6-2)16(9-19)18-14/h7-9,18H,5-6H2,1-4H3/b15-7-. The number of carbonyl (C=O) groups is 1. The van der Waals surface area contributed by atoms with Crippen LogP contribution in [0.2, 0.25) is 0 Å². The first kappa shape index (κ1) is 13.5. The van der Waals surface area contributed by atoms with E-state index in [1.807, 2.05) is 12.3 Å². The lowest BCUT2D eigenvalue weighted by Gasteiger charge is -2.02. The molecule has 0 saturated heterocycles. The number of allylic oxidation sites excluding steroid dienone is 2. The quantitative estimate of drug-likeness (QED) is 0.817. The van der Waals surface area contributed by atoms with E-state index in [0.29, 0.717) is 5.69 Å². The number of rotatable bonds is 4. The molecule has 1 aromatic heterocycles. The second kappa shape index (κ2) is 5.39. The molecular weight excluding hydrogens is 236 g/mol. The number of nitrogens with one attached hydrogen (secondary N) is 1. The average Bonchev–Trinajstić information content (AvgIpc) is 2.91. The normalized spacial score (nSPS) is 16.7. The Morgan fingerprint density at radius 3 is 2.47 bits per heavy atom. The van der Waals surface area contributed by atoms with Crippen LogP contribution in [-0.2, 0) is 6.42 Å². The fraction of sp³-hybridized carbons (Fsp3) is 0.375. The zero-order valence-electron chi connectivity index (χ0n) is 12.0. The summed E-state index contributed by atoms with van der Waals surface area (Å²) >= 11 is 0. The van der Waals surface area contributed by atoms with Crippen LogP contribution in [0.25, 0.3) is 6.08 Å². The number of hydrogen-bond acceptors (Lipinski definition) is 2. The number of carbonyl (C=O) groups excluding carboxylic acids is 1. The summed E-state index contributed by atoms with van der Waals surface area (Å²) in [5.74, 6) is 0. The number of nitrogens with zero attached hydrogens (tertiary/aromatic N) is 1. The molecule has 3 nitrogen and oxygen atoms in total. The van der Waals surface area contributed by atoms with Crippen LogP contribution in [0.15, 0.2) is 21.8 Å². The second-order valence-electron chi connectivity index (χ2n) is 4.83. The highest BCUT2D eigenvalue weighted by molar-refractivity contribution is 5.87. The predicted molar refractivity (Wildman–Crippen MR) is 79.8 cm³/mol. The first-order valence-corrected chi connectivity index (χ1v) is 6.74. The highest BCUT2D eigenvalue weighted by Gasteiger charge is 2.15. The van der Waals surface area contributed by atoms with Crippen molar-refractivity contribution in [2.75, 3.05) is 0 Å². The Hall–Kier alpha value is -1.90. The molecule has 2 heterocycles. The monoisotopic (exact) mass is 256 g/mol. The lowest BCUT2D eigenvalue weighted by Crippen LogP contribution is -1.87. The van der Waals surface area contributed by atoms with Crippen LogP contribution in [0, 0.1) is 6.92 Å². The summed E-state index contributed by atoms with van der Waals surface area (Å²) in [5, 5.41) is 0. The van der Waals surface area contributed by atoms with Gasteiger partial charge in [0.2, 0.25) is 0 Å². The van der Waals surface area contributed by atoms with Crippen LogP contribution < -0.4 is 0 Å². The molecule has 0 aliphatic carbocycles. The number of hydrogen-bond donors (Lipinski definition) is 1. The molecular formula is C16H20N2O. The zero-order valence-corrected chi connectivity index (χ0v) is 12.0. The molecule has 1 aliphatic rings. The molecule has 1 N–H and O–H groups in total. The van der Waals surface area contributed by atoms with Gasteiger partial charge in [-0.1, -0.05) is 13.8 Å². The van der Waals surface area contributed by atoms with Crippen molar-refractivity contribution in [3.63, 3.8) is 0 Å². The van der Waals surface area contributed by atoms with E-state index in [1.165, 1.54) is 11.1 Å². The molecule has 0 bridgehead atoms. The van der Waals surface area contributed by atoms with E-state index in [4.69, 9.17) is 0 Å². The summed E-state index contributed by atoms with van der Waals surface area (Å²) in [6.07, 6.45) is 6.68. The van der Waals surface area contributed by atoms with Gasteiger partial charge in [0.1, 0.15) is 0 Å². The van der Waals surface area contributed by atoms with Gasteiger partial charge in [0, 0.05) is 11.9 Å². The molecule has 1 aliphatic heterocycles. The zero-order chi connectivity index (χ0) is 14.0. The van der Waals surface area contributed by atoms with Gasteiger partial charge in [-0.3, -0.25) is 9.79 Å². The third kappa shape index (κ3) is 2.33. The maximum atomic E-state index is 11.1. The van der Waals surface area contributed by atoms with E-state index in [9.17, 15) is 4.79 Å². The summed E-state index contributed by atoms with van der Waals surface area (Å²) in [6.45, 7) is 8.33. The minimum absolute atomic E-state index is 0.688. The van der Waals surface area contributed by atoms with Gasteiger partial charge in [-0.15, -0.1) is 0 Å². The first-order valence-electron chi connectivity index (χ1n) is 6.74. The summed E-state index contributed by atoms with van der Waals surface area (Å²) < 4.78 is 0. The molecule has 0 unspecified atom stereocenters. The van der Waals surface area contributed by atoms with Crippen LogP contribution in [0.5, 0.6) is 0 Å². The minimum Gasteiger partial charge on any atom is -0.352 e. The van der Waals surface area contributed by atoms with Crippen molar-refractivity contribution in [3.05, 3.63) is 39.4 Å². The van der Waals surface area contributed by atoms with Crippen LogP contribution >= 0.6 is 0 Å². The topological polar surface area (TPSA) is 45.2 Å². The van der Waals surface area contributed by atoms with Gasteiger partial charge in [0.25, 0.3) is 0 Å². The Morgan fingerprint density at radius 2 is 1.95 bits per heavy atom. The van der Waals surface area contributed by atoms with E-state index in [1.54, 1.807) is 0 Å². The van der Waals surface area contributed by atoms with Gasteiger partial charge < -0.3 is 4.98 Å². The largest absolute Gasteiger partial charge is 0.352 e. The van der Waals surface area contributed by atoms with Crippen LogP contribution in [0.4, 0.5) is 0 Å². The molecule has 0 fully saturated rings. The van der Waals surface area contributed by atoms with Gasteiger partial charge >= 0.3 is 0 Å². The lowest BCUT2D eigenvalue weighted by molar-refractivity contribution is 0.111. The number of H-pyrrole nitrogens is 1. The molecule has 0 spiro atoms. The van der Waals surface area contributed by atoms with Crippen molar-refractivity contribution in [3.8, 4) is 0 Å². The van der Waals surface area contributed by atoms with Crippen molar-refractivity contribution in [1.29, 1.82) is 0 Å². The summed E-state index contributed by atoms with van der Waals surface area (Å²) in [4.78, 5) is 18.7. The molecule has 0 amide bonds. The Bertz CT molecular complexity index is 601. The van der Waals surface area contributed by atoms with Crippen LogP contribution in [0.1, 0.15) is 54.5 Å². The van der Waals surface area contributed by atoms with Crippen molar-refractivity contribution in [2.45, 2.75) is 40.5 Å². The predicted octanol–water partition coefficient (Wildman–Crippen LogP) is 3.85. The lowest BCUT2D eigenvalue weighted by atomic mass is 10.0. The Balaban J connectivity index is 2.48. The smallest absolute Gasteiger partial charge is 0.166 e. The summed E-state index contributed by atoms with van der Waals surface area (Å²) in [6, 6.07) is 0. The number of aromatic nitrogens is 1. The van der Waals surface area contributed by atoms with Crippen LogP contribution in [0.3, 0.4) is 0 Å². The fourth-order valence-corrected chi connectivity index (χ4v) is 2.62. The second-order valence-corrected chi connectivity index (χ2v) is 4.83. The molecule has 1 aromatic rings. The van der Waals surface area contributed by atoms with E-state index < -0.39 is 0 Å². The van der Waals surface area contributed by atoms with Crippen molar-refractivity contribution in [2.24, 2.45) is 4.99 Å². The fourth-order valence-electron chi connectivity index (χ4n) is 2.62. The third-order valence-electron chi connectivity index (χ3n) is 3.74. The van der Waals surface area contributed by atoms with Crippen LogP contribution in [-0.4, -0.2) is 17.5 Å². The highest BCUT2D eigenvalue weighted by atomic mass is 16.1. The molecule has 0 saturated carbocycles. The highest BCUT2D eigenvalue weighted by Crippen LogP contribution is 2.28.